The van der Waals surface area contributed by atoms with Crippen molar-refractivity contribution in [2.24, 2.45) is 5.92 Å². The number of rotatable bonds is 7. The van der Waals surface area contributed by atoms with Crippen LogP contribution in [-0.2, 0) is 9.59 Å². The summed E-state index contributed by atoms with van der Waals surface area (Å²) < 4.78 is 5.32. The van der Waals surface area contributed by atoms with Gasteiger partial charge in [0.25, 0.3) is 0 Å². The Balaban J connectivity index is 1.54. The van der Waals surface area contributed by atoms with Gasteiger partial charge in [0.15, 0.2) is 0 Å². The summed E-state index contributed by atoms with van der Waals surface area (Å²) in [6.45, 7) is 1.89. The van der Waals surface area contributed by atoms with Gasteiger partial charge in [-0.2, -0.15) is 0 Å². The summed E-state index contributed by atoms with van der Waals surface area (Å²) in [5.41, 5.74) is 0.730. The Morgan fingerprint density at radius 3 is 2.83 bits per heavy atom. The molecule has 1 saturated heterocycles. The fourth-order valence-corrected chi connectivity index (χ4v) is 3.17. The Kier molecular flexibility index (Phi) is 5.04. The Morgan fingerprint density at radius 2 is 2.12 bits per heavy atom. The zero-order valence-electron chi connectivity index (χ0n) is 14.3. The molecule has 130 valence electrons. The molecule has 0 aromatic heterocycles. The summed E-state index contributed by atoms with van der Waals surface area (Å²) >= 11 is 0. The Morgan fingerprint density at radius 1 is 1.38 bits per heavy atom. The summed E-state index contributed by atoms with van der Waals surface area (Å²) in [5, 5.41) is 2.97. The largest absolute Gasteiger partial charge is 0.495 e. The highest BCUT2D eigenvalue weighted by Crippen LogP contribution is 2.32. The lowest BCUT2D eigenvalue weighted by molar-refractivity contribution is -0.126. The molecule has 0 radical (unpaired) electrons. The maximum Gasteiger partial charge on any atom is 0.227 e. The van der Waals surface area contributed by atoms with E-state index in [9.17, 15) is 9.59 Å². The smallest absolute Gasteiger partial charge is 0.227 e. The van der Waals surface area contributed by atoms with Gasteiger partial charge in [0.05, 0.1) is 18.7 Å². The van der Waals surface area contributed by atoms with Crippen LogP contribution >= 0.6 is 0 Å². The molecule has 2 aliphatic rings. The van der Waals surface area contributed by atoms with E-state index in [-0.39, 0.29) is 24.2 Å². The van der Waals surface area contributed by atoms with E-state index in [1.807, 2.05) is 24.3 Å². The average molecular weight is 331 g/mol. The van der Waals surface area contributed by atoms with Crippen LogP contribution in [0, 0.1) is 5.92 Å². The third-order valence-corrected chi connectivity index (χ3v) is 4.81. The van der Waals surface area contributed by atoms with Crippen LogP contribution in [0.2, 0.25) is 0 Å². The van der Waals surface area contributed by atoms with Gasteiger partial charge in [0.2, 0.25) is 11.8 Å². The van der Waals surface area contributed by atoms with Gasteiger partial charge < -0.3 is 19.9 Å². The summed E-state index contributed by atoms with van der Waals surface area (Å²) in [5.74, 6) is 0.284. The number of hydrogen-bond donors (Lipinski definition) is 1. The zero-order chi connectivity index (χ0) is 17.1. The number of likely N-dealkylation sites (N-methyl/N-ethyl adjacent to an activating group) is 1. The van der Waals surface area contributed by atoms with Crippen molar-refractivity contribution in [3.05, 3.63) is 24.3 Å². The van der Waals surface area contributed by atoms with Gasteiger partial charge in [-0.05, 0) is 32.0 Å². The minimum absolute atomic E-state index is 0.0326. The second-order valence-electron chi connectivity index (χ2n) is 6.58. The Labute approximate surface area is 142 Å². The number of nitrogens with one attached hydrogen (secondary N) is 1. The summed E-state index contributed by atoms with van der Waals surface area (Å²) in [7, 11) is 3.67. The van der Waals surface area contributed by atoms with E-state index in [0.717, 1.165) is 12.2 Å². The molecule has 2 amide bonds. The minimum Gasteiger partial charge on any atom is -0.495 e. The Hall–Kier alpha value is -2.08. The number of carbonyl (C=O) groups excluding carboxylic acids is 2. The molecule has 6 heteroatoms. The van der Waals surface area contributed by atoms with Crippen molar-refractivity contribution in [3.63, 3.8) is 0 Å². The first-order valence-electron chi connectivity index (χ1n) is 8.51. The molecule has 1 aliphatic carbocycles. The predicted molar refractivity (Wildman–Crippen MR) is 92.1 cm³/mol. The monoisotopic (exact) mass is 331 g/mol. The van der Waals surface area contributed by atoms with Crippen LogP contribution in [0.1, 0.15) is 19.3 Å². The highest BCUT2D eigenvalue weighted by atomic mass is 16.5. The number of ether oxygens (including phenoxy) is 1. The van der Waals surface area contributed by atoms with Gasteiger partial charge in [-0.25, -0.2) is 0 Å². The van der Waals surface area contributed by atoms with Crippen LogP contribution in [0.25, 0.3) is 0 Å². The number of benzene rings is 1. The number of nitrogens with zero attached hydrogens (tertiary/aromatic N) is 2. The number of methoxy groups -OCH3 is 1. The van der Waals surface area contributed by atoms with Gasteiger partial charge in [0, 0.05) is 32.1 Å². The molecule has 1 aromatic rings. The average Bonchev–Trinajstić information content (AvgIpc) is 3.37. The molecule has 1 aromatic carbocycles. The van der Waals surface area contributed by atoms with Crippen LogP contribution in [-0.4, -0.2) is 56.5 Å². The molecule has 2 fully saturated rings. The van der Waals surface area contributed by atoms with Crippen molar-refractivity contribution in [3.8, 4) is 5.75 Å². The lowest BCUT2D eigenvalue weighted by Gasteiger charge is -2.20. The van der Waals surface area contributed by atoms with E-state index >= 15 is 0 Å². The van der Waals surface area contributed by atoms with E-state index in [1.165, 1.54) is 12.8 Å². The van der Waals surface area contributed by atoms with E-state index in [0.29, 0.717) is 24.9 Å². The van der Waals surface area contributed by atoms with Crippen molar-refractivity contribution in [2.75, 3.05) is 38.7 Å². The van der Waals surface area contributed by atoms with Crippen molar-refractivity contribution in [2.45, 2.75) is 25.3 Å². The molecule has 1 N–H and O–H groups in total. The molecular formula is C18H25N3O3. The van der Waals surface area contributed by atoms with Crippen LogP contribution < -0.4 is 15.0 Å². The normalized spacial score (nSPS) is 20.5. The van der Waals surface area contributed by atoms with Gasteiger partial charge in [-0.1, -0.05) is 12.1 Å². The van der Waals surface area contributed by atoms with Crippen molar-refractivity contribution < 1.29 is 14.3 Å². The van der Waals surface area contributed by atoms with Crippen molar-refractivity contribution >= 4 is 17.5 Å². The molecule has 1 atom stereocenters. The fourth-order valence-electron chi connectivity index (χ4n) is 3.17. The third-order valence-electron chi connectivity index (χ3n) is 4.81. The lowest BCUT2D eigenvalue weighted by Crippen LogP contribution is -2.38. The first kappa shape index (κ1) is 16.8. The molecular weight excluding hydrogens is 306 g/mol. The number of carbonyl (C=O) groups is 2. The first-order valence-corrected chi connectivity index (χ1v) is 8.51. The number of amides is 2. The SMILES string of the molecule is COc1ccccc1N1CC(C(=O)NCCN(C)C2CC2)CC1=O. The van der Waals surface area contributed by atoms with Crippen LogP contribution in [0.15, 0.2) is 24.3 Å². The molecule has 0 spiro atoms. The summed E-state index contributed by atoms with van der Waals surface area (Å²) in [6, 6.07) is 8.09. The van der Waals surface area contributed by atoms with Crippen LogP contribution in [0.4, 0.5) is 5.69 Å². The maximum absolute atomic E-state index is 12.3. The highest BCUT2D eigenvalue weighted by molar-refractivity contribution is 6.01. The maximum atomic E-state index is 12.3. The highest BCUT2D eigenvalue weighted by Gasteiger charge is 2.36. The molecule has 24 heavy (non-hydrogen) atoms. The summed E-state index contributed by atoms with van der Waals surface area (Å²) in [6.07, 6.45) is 2.77. The van der Waals surface area contributed by atoms with Crippen molar-refractivity contribution in [1.82, 2.24) is 10.2 Å². The predicted octanol–water partition coefficient (Wildman–Crippen LogP) is 1.26. The molecule has 1 aliphatic heterocycles. The van der Waals surface area contributed by atoms with Crippen LogP contribution in [0.5, 0.6) is 5.75 Å². The second-order valence-corrected chi connectivity index (χ2v) is 6.58. The Bertz CT molecular complexity index is 615. The second kappa shape index (κ2) is 7.21. The van der Waals surface area contributed by atoms with E-state index < -0.39 is 0 Å². The minimum atomic E-state index is -0.298. The molecule has 1 heterocycles. The topological polar surface area (TPSA) is 61.9 Å². The standard InChI is InChI=1S/C18H25N3O3/c1-20(14-7-8-14)10-9-19-18(23)13-11-17(22)21(12-13)15-5-3-4-6-16(15)24-2/h3-6,13-14H,7-12H2,1-2H3,(H,19,23). The number of para-hydroxylation sites is 2. The number of anilines is 1. The van der Waals surface area contributed by atoms with Crippen molar-refractivity contribution in [1.29, 1.82) is 0 Å². The van der Waals surface area contributed by atoms with Gasteiger partial charge in [-0.15, -0.1) is 0 Å². The fraction of sp³-hybridized carbons (Fsp3) is 0.556. The third kappa shape index (κ3) is 3.70. The molecule has 3 rings (SSSR count). The van der Waals surface area contributed by atoms with Gasteiger partial charge in [0.1, 0.15) is 5.75 Å². The molecule has 1 saturated carbocycles. The van der Waals surface area contributed by atoms with Crippen LogP contribution in [0.3, 0.4) is 0 Å². The molecule has 1 unspecified atom stereocenters. The summed E-state index contributed by atoms with van der Waals surface area (Å²) in [4.78, 5) is 28.6. The van der Waals surface area contributed by atoms with Gasteiger partial charge >= 0.3 is 0 Å². The molecule has 6 nitrogen and oxygen atoms in total. The quantitative estimate of drug-likeness (QED) is 0.817. The van der Waals surface area contributed by atoms with E-state index in [4.69, 9.17) is 4.74 Å². The zero-order valence-corrected chi connectivity index (χ0v) is 14.3. The molecule has 0 bridgehead atoms. The lowest BCUT2D eigenvalue weighted by atomic mass is 10.1. The van der Waals surface area contributed by atoms with E-state index in [1.54, 1.807) is 12.0 Å². The van der Waals surface area contributed by atoms with E-state index in [2.05, 4.69) is 17.3 Å². The first-order chi connectivity index (χ1) is 11.6. The number of hydrogen-bond acceptors (Lipinski definition) is 4. The van der Waals surface area contributed by atoms with Gasteiger partial charge in [-0.3, -0.25) is 9.59 Å².